The summed E-state index contributed by atoms with van der Waals surface area (Å²) in [5, 5.41) is 0. The number of epoxide rings is 1. The van der Waals surface area contributed by atoms with E-state index in [9.17, 15) is 19.0 Å². The van der Waals surface area contributed by atoms with Gasteiger partial charge in [-0.1, -0.05) is 137 Å². The predicted octanol–water partition coefficient (Wildman–Crippen LogP) is 12.3. The lowest BCUT2D eigenvalue weighted by atomic mass is 10.1. The molecule has 0 aromatic rings. The summed E-state index contributed by atoms with van der Waals surface area (Å²) in [6.07, 6.45) is 52.1. The summed E-state index contributed by atoms with van der Waals surface area (Å²) in [5.41, 5.74) is 0. The minimum Gasteiger partial charge on any atom is -0.462 e. The van der Waals surface area contributed by atoms with Gasteiger partial charge in [0.05, 0.1) is 40.0 Å². The quantitative estimate of drug-likeness (QED) is 0.0161. The SMILES string of the molecule is CC/C=C\C/C=C\C/C=C\C/C=C\C/C=C\CCCCCC(=O)OC[C@H](COP(=O)(O)OCC[N+](C)(C)C)OC(=O)CCC/C=C\C/C=C\C/C=C\CC1OC1CCCCC. The molecular formula is C50H83NO9P+. The summed E-state index contributed by atoms with van der Waals surface area (Å²) in [4.78, 5) is 35.4. The maximum Gasteiger partial charge on any atom is 0.472 e. The molecule has 0 radical (unpaired) electrons. The van der Waals surface area contributed by atoms with Gasteiger partial charge in [0.2, 0.25) is 0 Å². The lowest BCUT2D eigenvalue weighted by Gasteiger charge is -2.24. The summed E-state index contributed by atoms with van der Waals surface area (Å²) in [6.45, 7) is 4.14. The molecule has 0 aromatic heterocycles. The normalized spacial score (nSPS) is 17.7. The summed E-state index contributed by atoms with van der Waals surface area (Å²) in [6, 6.07) is 0. The lowest BCUT2D eigenvalue weighted by molar-refractivity contribution is -0.870. The van der Waals surface area contributed by atoms with E-state index in [4.69, 9.17) is 23.3 Å². The van der Waals surface area contributed by atoms with Crippen molar-refractivity contribution in [2.45, 2.75) is 161 Å². The molecule has 1 N–H and O–H groups in total. The number of likely N-dealkylation sites (N-methyl/N-ethyl adjacent to an activating group) is 1. The molecule has 1 aliphatic rings. The first-order valence-electron chi connectivity index (χ1n) is 23.1. The molecule has 4 atom stereocenters. The number of carbonyl (C=O) groups excluding carboxylic acids is 2. The third kappa shape index (κ3) is 38.3. The van der Waals surface area contributed by atoms with Gasteiger partial charge < -0.3 is 23.6 Å². The van der Waals surface area contributed by atoms with Gasteiger partial charge in [0, 0.05) is 12.8 Å². The van der Waals surface area contributed by atoms with Gasteiger partial charge in [0.1, 0.15) is 19.8 Å². The molecule has 0 amide bonds. The van der Waals surface area contributed by atoms with Gasteiger partial charge in [0.15, 0.2) is 6.10 Å². The zero-order valence-electron chi connectivity index (χ0n) is 38.5. The number of ether oxygens (including phenoxy) is 3. The molecular weight excluding hydrogens is 790 g/mol. The van der Waals surface area contributed by atoms with Gasteiger partial charge in [-0.2, -0.15) is 0 Å². The molecule has 1 fully saturated rings. The van der Waals surface area contributed by atoms with Crippen LogP contribution in [0.25, 0.3) is 0 Å². The molecule has 346 valence electrons. The van der Waals surface area contributed by atoms with Crippen LogP contribution in [0.2, 0.25) is 0 Å². The predicted molar refractivity (Wildman–Crippen MR) is 251 cm³/mol. The highest BCUT2D eigenvalue weighted by molar-refractivity contribution is 7.47. The van der Waals surface area contributed by atoms with Crippen LogP contribution in [-0.4, -0.2) is 87.1 Å². The van der Waals surface area contributed by atoms with Crippen molar-refractivity contribution < 1.29 is 46.8 Å². The van der Waals surface area contributed by atoms with Crippen LogP contribution in [0.4, 0.5) is 0 Å². The standard InChI is InChI=1S/C50H82NO9P/c1-6-8-10-11-12-13-14-15-16-17-18-19-20-21-22-26-29-32-36-40-49(52)56-44-46(45-58-61(54,55)57-43-42-51(3,4)5)59-50(53)41-37-33-30-27-24-23-25-28-31-35-39-48-47(60-48)38-34-9-7-2/h8,10,12-13,15-16,18-19,21-23,25,27,30-31,35,46-48H,6-7,9,11,14,17,20,24,26,28-29,32-34,36-45H2,1-5H3/p+1/b10-8-,13-12-,16-15-,19-18-,22-21-,25-23-,30-27-,35-31-/t46-,47?,48?/m1/s1. The third-order valence-electron chi connectivity index (χ3n) is 9.52. The molecule has 1 rings (SSSR count). The number of phosphoric acid groups is 1. The van der Waals surface area contributed by atoms with E-state index in [0.717, 1.165) is 70.6 Å². The third-order valence-corrected chi connectivity index (χ3v) is 10.5. The van der Waals surface area contributed by atoms with Crippen LogP contribution in [0.15, 0.2) is 97.2 Å². The smallest absolute Gasteiger partial charge is 0.462 e. The number of hydrogen-bond donors (Lipinski definition) is 1. The molecule has 1 saturated heterocycles. The van der Waals surface area contributed by atoms with Gasteiger partial charge in [-0.05, 0) is 89.9 Å². The Balaban J connectivity index is 2.34. The van der Waals surface area contributed by atoms with Crippen molar-refractivity contribution in [2.75, 3.05) is 47.5 Å². The Morgan fingerprint density at radius 3 is 1.74 bits per heavy atom. The van der Waals surface area contributed by atoms with Crippen LogP contribution in [0.3, 0.4) is 0 Å². The average Bonchev–Trinajstić information content (AvgIpc) is 3.97. The number of esters is 2. The van der Waals surface area contributed by atoms with Crippen molar-refractivity contribution in [3.8, 4) is 0 Å². The van der Waals surface area contributed by atoms with Crippen molar-refractivity contribution in [1.29, 1.82) is 0 Å². The Labute approximate surface area is 370 Å². The van der Waals surface area contributed by atoms with E-state index in [0.29, 0.717) is 42.5 Å². The second-order valence-electron chi connectivity index (χ2n) is 16.4. The molecule has 1 heterocycles. The van der Waals surface area contributed by atoms with Crippen molar-refractivity contribution in [2.24, 2.45) is 0 Å². The van der Waals surface area contributed by atoms with E-state index in [1.54, 1.807) is 0 Å². The maximum absolute atomic E-state index is 12.7. The second kappa shape index (κ2) is 37.4. The number of quaternary nitrogens is 1. The summed E-state index contributed by atoms with van der Waals surface area (Å²) < 4.78 is 40.0. The summed E-state index contributed by atoms with van der Waals surface area (Å²) in [5.74, 6) is -0.918. The van der Waals surface area contributed by atoms with E-state index in [2.05, 4.69) is 105 Å². The number of carbonyl (C=O) groups is 2. The number of nitrogens with zero attached hydrogens (tertiary/aromatic N) is 1. The molecule has 3 unspecified atom stereocenters. The van der Waals surface area contributed by atoms with Gasteiger partial charge in [0.25, 0.3) is 0 Å². The molecule has 0 aromatic carbocycles. The first kappa shape index (κ1) is 55.9. The van der Waals surface area contributed by atoms with Gasteiger partial charge >= 0.3 is 19.8 Å². The highest BCUT2D eigenvalue weighted by atomic mass is 31.2. The summed E-state index contributed by atoms with van der Waals surface area (Å²) in [7, 11) is 1.40. The highest BCUT2D eigenvalue weighted by Crippen LogP contribution is 2.43. The summed E-state index contributed by atoms with van der Waals surface area (Å²) >= 11 is 0. The molecule has 0 saturated carbocycles. The number of unbranched alkanes of at least 4 members (excludes halogenated alkanes) is 6. The fourth-order valence-corrected chi connectivity index (χ4v) is 6.57. The van der Waals surface area contributed by atoms with Crippen LogP contribution in [0.1, 0.15) is 142 Å². The molecule has 11 heteroatoms. The van der Waals surface area contributed by atoms with Crippen LogP contribution in [0, 0.1) is 0 Å². The van der Waals surface area contributed by atoms with Crippen molar-refractivity contribution >= 4 is 19.8 Å². The van der Waals surface area contributed by atoms with E-state index < -0.39 is 32.5 Å². The van der Waals surface area contributed by atoms with E-state index >= 15 is 0 Å². The van der Waals surface area contributed by atoms with E-state index in [1.807, 2.05) is 27.2 Å². The minimum absolute atomic E-state index is 0.00796. The van der Waals surface area contributed by atoms with E-state index in [1.165, 1.54) is 25.7 Å². The Morgan fingerprint density at radius 2 is 1.16 bits per heavy atom. The second-order valence-corrected chi connectivity index (χ2v) is 17.9. The lowest BCUT2D eigenvalue weighted by Crippen LogP contribution is -2.37. The molecule has 0 aliphatic carbocycles. The molecule has 0 bridgehead atoms. The number of allylic oxidation sites excluding steroid dienone is 15. The molecule has 10 nitrogen and oxygen atoms in total. The first-order chi connectivity index (χ1) is 29.5. The van der Waals surface area contributed by atoms with Gasteiger partial charge in [-0.25, -0.2) is 4.57 Å². The van der Waals surface area contributed by atoms with Gasteiger partial charge in [-0.15, -0.1) is 0 Å². The Hall–Kier alpha value is -3.11. The largest absolute Gasteiger partial charge is 0.472 e. The van der Waals surface area contributed by atoms with Crippen molar-refractivity contribution in [1.82, 2.24) is 0 Å². The fraction of sp³-hybridized carbons (Fsp3) is 0.640. The van der Waals surface area contributed by atoms with Crippen LogP contribution >= 0.6 is 7.82 Å². The highest BCUT2D eigenvalue weighted by Gasteiger charge is 2.36. The zero-order valence-corrected chi connectivity index (χ0v) is 39.4. The molecule has 0 spiro atoms. The van der Waals surface area contributed by atoms with Gasteiger partial charge in [-0.3, -0.25) is 18.6 Å². The number of phosphoric ester groups is 1. The zero-order chi connectivity index (χ0) is 44.7. The monoisotopic (exact) mass is 873 g/mol. The van der Waals surface area contributed by atoms with Crippen LogP contribution in [-0.2, 0) is 37.4 Å². The topological polar surface area (TPSA) is 121 Å². The van der Waals surface area contributed by atoms with Crippen LogP contribution in [0.5, 0.6) is 0 Å². The Kier molecular flexibility index (Phi) is 34.3. The fourth-order valence-electron chi connectivity index (χ4n) is 5.83. The van der Waals surface area contributed by atoms with E-state index in [-0.39, 0.29) is 26.1 Å². The first-order valence-corrected chi connectivity index (χ1v) is 24.6. The Morgan fingerprint density at radius 1 is 0.623 bits per heavy atom. The minimum atomic E-state index is -4.41. The average molecular weight is 873 g/mol. The molecule has 1 aliphatic heterocycles. The van der Waals surface area contributed by atoms with Crippen molar-refractivity contribution in [3.63, 3.8) is 0 Å². The van der Waals surface area contributed by atoms with Crippen molar-refractivity contribution in [3.05, 3.63) is 97.2 Å². The number of rotatable bonds is 39. The van der Waals surface area contributed by atoms with Crippen LogP contribution < -0.4 is 0 Å². The number of hydrogen-bond acceptors (Lipinski definition) is 8. The maximum atomic E-state index is 12.7. The Bertz CT molecular complexity index is 1420. The molecule has 61 heavy (non-hydrogen) atoms.